The van der Waals surface area contributed by atoms with Crippen LogP contribution >= 0.6 is 0 Å². The molecule has 148 valence electrons. The van der Waals surface area contributed by atoms with Gasteiger partial charge in [-0.1, -0.05) is 39.5 Å². The lowest BCUT2D eigenvalue weighted by Gasteiger charge is -2.57. The largest absolute Gasteiger partial charge is 0.493 e. The van der Waals surface area contributed by atoms with E-state index in [2.05, 4.69) is 39.5 Å². The Morgan fingerprint density at radius 1 is 1.25 bits per heavy atom. The van der Waals surface area contributed by atoms with Gasteiger partial charge in [0.05, 0.1) is 12.7 Å². The minimum atomic E-state index is -0.367. The van der Waals surface area contributed by atoms with E-state index < -0.39 is 0 Å². The van der Waals surface area contributed by atoms with Crippen LogP contribution < -0.4 is 10.4 Å². The molecule has 1 N–H and O–H groups in total. The first-order valence-electron chi connectivity index (χ1n) is 9.93. The van der Waals surface area contributed by atoms with Gasteiger partial charge in [-0.05, 0) is 53.4 Å². The van der Waals surface area contributed by atoms with Crippen LogP contribution in [0.2, 0.25) is 0 Å². The highest BCUT2D eigenvalue weighted by atomic mass is 16.5. The van der Waals surface area contributed by atoms with Crippen molar-refractivity contribution in [2.45, 2.75) is 39.7 Å². The van der Waals surface area contributed by atoms with E-state index in [1.54, 1.807) is 12.1 Å². The summed E-state index contributed by atoms with van der Waals surface area (Å²) in [6.07, 6.45) is 5.75. The molecule has 2 aliphatic rings. The number of hydrogen-bond acceptors (Lipinski definition) is 4. The number of aliphatic hydroxyl groups excluding tert-OH is 1. The number of hydrogen-bond donors (Lipinski definition) is 1. The van der Waals surface area contributed by atoms with E-state index in [9.17, 15) is 9.90 Å². The summed E-state index contributed by atoms with van der Waals surface area (Å²) in [5, 5.41) is 11.4. The zero-order chi connectivity index (χ0) is 20.1. The molecule has 0 aliphatic heterocycles. The number of ether oxygens (including phenoxy) is 1. The number of allylic oxidation sites excluding steroid dienone is 2. The van der Waals surface area contributed by atoms with E-state index in [-0.39, 0.29) is 34.4 Å². The van der Waals surface area contributed by atoms with Crippen molar-refractivity contribution in [1.29, 1.82) is 0 Å². The van der Waals surface area contributed by atoms with Crippen molar-refractivity contribution >= 4 is 11.0 Å². The first-order valence-corrected chi connectivity index (χ1v) is 9.93. The molecule has 0 spiro atoms. The van der Waals surface area contributed by atoms with Crippen molar-refractivity contribution in [3.05, 3.63) is 65.1 Å². The second-order valence-corrected chi connectivity index (χ2v) is 9.11. The topological polar surface area (TPSA) is 59.7 Å². The van der Waals surface area contributed by atoms with E-state index in [0.29, 0.717) is 17.9 Å². The third kappa shape index (κ3) is 3.00. The molecule has 1 fully saturated rings. The third-order valence-electron chi connectivity index (χ3n) is 7.08. The van der Waals surface area contributed by atoms with Gasteiger partial charge in [0, 0.05) is 23.4 Å². The van der Waals surface area contributed by atoms with Gasteiger partial charge in [-0.2, -0.15) is 0 Å². The van der Waals surface area contributed by atoms with Crippen molar-refractivity contribution in [3.8, 4) is 5.75 Å². The van der Waals surface area contributed by atoms with Crippen LogP contribution in [0.5, 0.6) is 5.75 Å². The van der Waals surface area contributed by atoms with Crippen LogP contribution in [0, 0.1) is 22.7 Å². The Kier molecular flexibility index (Phi) is 4.50. The first kappa shape index (κ1) is 19.0. The predicted molar refractivity (Wildman–Crippen MR) is 110 cm³/mol. The molecule has 4 nitrogen and oxygen atoms in total. The third-order valence-corrected chi connectivity index (χ3v) is 7.08. The van der Waals surface area contributed by atoms with Crippen LogP contribution in [0.4, 0.5) is 0 Å². The molecule has 28 heavy (non-hydrogen) atoms. The maximum absolute atomic E-state index is 11.5. The Morgan fingerprint density at radius 3 is 2.79 bits per heavy atom. The van der Waals surface area contributed by atoms with E-state index >= 15 is 0 Å². The van der Waals surface area contributed by atoms with Crippen LogP contribution in [0.15, 0.2) is 63.8 Å². The Bertz CT molecular complexity index is 999. The van der Waals surface area contributed by atoms with Crippen molar-refractivity contribution in [3.63, 3.8) is 0 Å². The smallest absolute Gasteiger partial charge is 0.336 e. The molecule has 4 atom stereocenters. The highest BCUT2D eigenvalue weighted by Gasteiger charge is 2.54. The molecule has 0 radical (unpaired) electrons. The molecule has 1 aromatic heterocycles. The fraction of sp³-hybridized carbons (Fsp3) is 0.458. The average molecular weight is 380 g/mol. The second kappa shape index (κ2) is 6.63. The normalized spacial score (nSPS) is 31.6. The lowest BCUT2D eigenvalue weighted by molar-refractivity contribution is -0.0982. The van der Waals surface area contributed by atoms with Gasteiger partial charge in [0.1, 0.15) is 11.3 Å². The Balaban J connectivity index is 1.60. The van der Waals surface area contributed by atoms with Crippen LogP contribution in [0.1, 0.15) is 33.6 Å². The van der Waals surface area contributed by atoms with Gasteiger partial charge in [0.25, 0.3) is 0 Å². The summed E-state index contributed by atoms with van der Waals surface area (Å²) in [7, 11) is 0. The van der Waals surface area contributed by atoms with Crippen LogP contribution in [-0.2, 0) is 0 Å². The number of fused-ring (bicyclic) bond motifs is 2. The Labute approximate surface area is 165 Å². The zero-order valence-electron chi connectivity index (χ0n) is 16.8. The van der Waals surface area contributed by atoms with Gasteiger partial charge in [-0.25, -0.2) is 4.79 Å². The zero-order valence-corrected chi connectivity index (χ0v) is 16.8. The average Bonchev–Trinajstić information content (AvgIpc) is 2.64. The SMILES string of the molecule is C=C1C=C[C@H]2C(C)(C)[C@@H](O)CC[C@]2(C)[C@H]1COc1ccc2ccc(=O)oc2c1. The fourth-order valence-corrected chi connectivity index (χ4v) is 5.26. The van der Waals surface area contributed by atoms with Gasteiger partial charge < -0.3 is 14.3 Å². The monoisotopic (exact) mass is 380 g/mol. The van der Waals surface area contributed by atoms with E-state index in [0.717, 1.165) is 23.8 Å². The molecule has 4 rings (SSSR count). The van der Waals surface area contributed by atoms with Crippen LogP contribution in [-0.4, -0.2) is 17.8 Å². The standard InChI is InChI=1S/C24H28O4/c1-15-5-9-20-23(2,3)21(25)11-12-24(20,4)18(15)14-27-17-8-6-16-7-10-22(26)28-19(16)13-17/h5-10,13,18,20-21,25H,1,11-12,14H2,2-4H3/t18-,20-,21-,24+/m0/s1. The highest BCUT2D eigenvalue weighted by Crippen LogP contribution is 2.58. The van der Waals surface area contributed by atoms with Crippen molar-refractivity contribution in [1.82, 2.24) is 0 Å². The molecule has 0 unspecified atom stereocenters. The van der Waals surface area contributed by atoms with Crippen LogP contribution in [0.3, 0.4) is 0 Å². The minimum absolute atomic E-state index is 0.0159. The Morgan fingerprint density at radius 2 is 2.00 bits per heavy atom. The molecular formula is C24H28O4. The summed E-state index contributed by atoms with van der Waals surface area (Å²) in [4.78, 5) is 11.5. The lowest BCUT2D eigenvalue weighted by atomic mass is 9.49. The minimum Gasteiger partial charge on any atom is -0.493 e. The van der Waals surface area contributed by atoms with Crippen molar-refractivity contribution < 1.29 is 14.3 Å². The van der Waals surface area contributed by atoms with Crippen molar-refractivity contribution in [2.24, 2.45) is 22.7 Å². The Hall–Kier alpha value is -2.33. The van der Waals surface area contributed by atoms with Gasteiger partial charge in [-0.15, -0.1) is 0 Å². The molecule has 1 saturated carbocycles. The van der Waals surface area contributed by atoms with E-state index in [4.69, 9.17) is 9.15 Å². The van der Waals surface area contributed by atoms with E-state index in [1.807, 2.05) is 12.1 Å². The summed E-state index contributed by atoms with van der Waals surface area (Å²) in [6, 6.07) is 8.74. The fourth-order valence-electron chi connectivity index (χ4n) is 5.26. The summed E-state index contributed by atoms with van der Waals surface area (Å²) in [6.45, 7) is 11.4. The van der Waals surface area contributed by atoms with Crippen LogP contribution in [0.25, 0.3) is 11.0 Å². The number of aliphatic hydroxyl groups is 1. The van der Waals surface area contributed by atoms with Gasteiger partial charge >= 0.3 is 5.63 Å². The summed E-state index contributed by atoms with van der Waals surface area (Å²) < 4.78 is 11.4. The summed E-state index contributed by atoms with van der Waals surface area (Å²) in [5.74, 6) is 1.10. The molecule has 2 aromatic rings. The molecule has 0 saturated heterocycles. The molecular weight excluding hydrogens is 352 g/mol. The van der Waals surface area contributed by atoms with Gasteiger partial charge in [0.15, 0.2) is 0 Å². The molecule has 2 aliphatic carbocycles. The quantitative estimate of drug-likeness (QED) is 0.783. The number of rotatable bonds is 3. The highest BCUT2D eigenvalue weighted by molar-refractivity contribution is 5.77. The van der Waals surface area contributed by atoms with Gasteiger partial charge in [0.2, 0.25) is 0 Å². The molecule has 4 heteroatoms. The predicted octanol–water partition coefficient (Wildman–Crippen LogP) is 4.72. The molecule has 0 bridgehead atoms. The molecule has 0 amide bonds. The molecule has 1 aromatic carbocycles. The maximum Gasteiger partial charge on any atom is 0.336 e. The first-order chi connectivity index (χ1) is 13.2. The lowest BCUT2D eigenvalue weighted by Crippen LogP contribution is -2.54. The van der Waals surface area contributed by atoms with Gasteiger partial charge in [-0.3, -0.25) is 0 Å². The maximum atomic E-state index is 11.5. The second-order valence-electron chi connectivity index (χ2n) is 9.11. The summed E-state index contributed by atoms with van der Waals surface area (Å²) in [5.41, 5.74) is 1.03. The van der Waals surface area contributed by atoms with E-state index in [1.165, 1.54) is 6.07 Å². The number of benzene rings is 1. The van der Waals surface area contributed by atoms with Crippen molar-refractivity contribution in [2.75, 3.05) is 6.61 Å². The molecule has 1 heterocycles. The summed E-state index contributed by atoms with van der Waals surface area (Å²) >= 11 is 0.